The molecule has 60 valence electrons. The Morgan fingerprint density at radius 2 is 2.45 bits per heavy atom. The van der Waals surface area contributed by atoms with Gasteiger partial charge in [0.25, 0.3) is 0 Å². The third-order valence-electron chi connectivity index (χ3n) is 1.42. The molecule has 0 radical (unpaired) electrons. The van der Waals surface area contributed by atoms with Crippen molar-refractivity contribution in [1.29, 1.82) is 0 Å². The Kier molecular flexibility index (Phi) is 3.27. The molecule has 0 aliphatic heterocycles. The zero-order valence-corrected chi connectivity index (χ0v) is 8.67. The molecule has 1 aromatic rings. The molecule has 1 heterocycles. The maximum atomic E-state index is 10.1. The number of rotatable bonds is 3. The van der Waals surface area contributed by atoms with Gasteiger partial charge in [-0.05, 0) is 35.3 Å². The molecule has 0 aromatic carbocycles. The zero-order valence-electron chi connectivity index (χ0n) is 6.26. The van der Waals surface area contributed by atoms with Gasteiger partial charge in [0.05, 0.1) is 0 Å². The smallest absolute Gasteiger partial charge is 0.120 e. The molecule has 0 amide bonds. The summed E-state index contributed by atoms with van der Waals surface area (Å²) in [5, 5.41) is 0. The summed E-state index contributed by atoms with van der Waals surface area (Å²) in [4.78, 5) is 12.6. The van der Waals surface area contributed by atoms with Gasteiger partial charge < -0.3 is 4.79 Å². The molecule has 0 N–H and O–H groups in total. The first-order valence-electron chi connectivity index (χ1n) is 3.42. The van der Waals surface area contributed by atoms with Crippen molar-refractivity contribution in [3.63, 3.8) is 0 Å². The van der Waals surface area contributed by atoms with Crippen LogP contribution in [0.5, 0.6) is 0 Å². The fourth-order valence-corrected chi connectivity index (χ4v) is 2.46. The number of thiophene rings is 1. The monoisotopic (exact) mass is 232 g/mol. The summed E-state index contributed by atoms with van der Waals surface area (Å²) in [5.41, 5.74) is 0. The summed E-state index contributed by atoms with van der Waals surface area (Å²) in [6, 6.07) is 2.09. The van der Waals surface area contributed by atoms with Crippen LogP contribution in [0.25, 0.3) is 0 Å². The highest BCUT2D eigenvalue weighted by atomic mass is 79.9. The average molecular weight is 233 g/mol. The van der Waals surface area contributed by atoms with Gasteiger partial charge in [-0.15, -0.1) is 11.3 Å². The molecule has 1 nitrogen and oxygen atoms in total. The lowest BCUT2D eigenvalue weighted by Gasteiger charge is -1.86. The van der Waals surface area contributed by atoms with Crippen LogP contribution in [0.2, 0.25) is 0 Å². The molecule has 1 rings (SSSR count). The predicted octanol–water partition coefficient (Wildman–Crippen LogP) is 2.95. The van der Waals surface area contributed by atoms with E-state index in [2.05, 4.69) is 28.9 Å². The van der Waals surface area contributed by atoms with Crippen molar-refractivity contribution in [2.75, 3.05) is 0 Å². The predicted molar refractivity (Wildman–Crippen MR) is 51.1 cm³/mol. The fraction of sp³-hybridized carbons (Fsp3) is 0.375. The highest BCUT2D eigenvalue weighted by Gasteiger charge is 2.01. The zero-order chi connectivity index (χ0) is 8.27. The minimum Gasteiger partial charge on any atom is -0.303 e. The third-order valence-corrected chi connectivity index (χ3v) is 3.61. The summed E-state index contributed by atoms with van der Waals surface area (Å²) >= 11 is 5.18. The molecule has 0 fully saturated rings. The van der Waals surface area contributed by atoms with Gasteiger partial charge in [0, 0.05) is 20.6 Å². The highest BCUT2D eigenvalue weighted by molar-refractivity contribution is 9.10. The van der Waals surface area contributed by atoms with Crippen LogP contribution in [0.4, 0.5) is 0 Å². The largest absolute Gasteiger partial charge is 0.303 e. The van der Waals surface area contributed by atoms with Crippen LogP contribution in [-0.4, -0.2) is 6.29 Å². The van der Waals surface area contributed by atoms with Crippen LogP contribution in [0.3, 0.4) is 0 Å². The Morgan fingerprint density at radius 1 is 1.73 bits per heavy atom. The summed E-state index contributed by atoms with van der Waals surface area (Å²) in [6.45, 7) is 2.07. The number of hydrogen-bond acceptors (Lipinski definition) is 2. The first-order chi connectivity index (χ1) is 5.24. The number of hydrogen-bond donors (Lipinski definition) is 0. The standard InChI is InChI=1S/C8H9BrOS/c1-6-8(9)5-7(11-6)3-2-4-10/h4-5H,2-3H2,1H3. The van der Waals surface area contributed by atoms with E-state index in [-0.39, 0.29) is 0 Å². The molecular formula is C8H9BrOS. The molecule has 0 aliphatic rings. The molecule has 11 heavy (non-hydrogen) atoms. The van der Waals surface area contributed by atoms with Crippen molar-refractivity contribution in [3.05, 3.63) is 20.3 Å². The SMILES string of the molecule is Cc1sc(CCC=O)cc1Br. The van der Waals surface area contributed by atoms with E-state index in [4.69, 9.17) is 0 Å². The molecule has 1 aromatic heterocycles. The first kappa shape index (κ1) is 8.94. The van der Waals surface area contributed by atoms with Gasteiger partial charge in [-0.25, -0.2) is 0 Å². The van der Waals surface area contributed by atoms with E-state index in [1.54, 1.807) is 11.3 Å². The van der Waals surface area contributed by atoms with Crippen LogP contribution >= 0.6 is 27.3 Å². The normalized spacial score (nSPS) is 10.0. The van der Waals surface area contributed by atoms with Gasteiger partial charge >= 0.3 is 0 Å². The van der Waals surface area contributed by atoms with Crippen molar-refractivity contribution < 1.29 is 4.79 Å². The Balaban J connectivity index is 2.64. The van der Waals surface area contributed by atoms with E-state index in [9.17, 15) is 4.79 Å². The second kappa shape index (κ2) is 4.02. The maximum absolute atomic E-state index is 10.1. The van der Waals surface area contributed by atoms with Crippen molar-refractivity contribution in [3.8, 4) is 0 Å². The van der Waals surface area contributed by atoms with E-state index in [0.29, 0.717) is 6.42 Å². The number of halogens is 1. The number of carbonyl (C=O) groups excluding carboxylic acids is 1. The number of aldehydes is 1. The quantitative estimate of drug-likeness (QED) is 0.733. The summed E-state index contributed by atoms with van der Waals surface area (Å²) < 4.78 is 1.16. The average Bonchev–Trinajstić information content (AvgIpc) is 2.28. The van der Waals surface area contributed by atoms with Crippen molar-refractivity contribution in [1.82, 2.24) is 0 Å². The minimum atomic E-state index is 0.631. The summed E-state index contributed by atoms with van der Waals surface area (Å²) in [5.74, 6) is 0. The van der Waals surface area contributed by atoms with Gasteiger partial charge in [-0.3, -0.25) is 0 Å². The van der Waals surface area contributed by atoms with Crippen molar-refractivity contribution in [2.24, 2.45) is 0 Å². The number of aryl methyl sites for hydroxylation is 2. The lowest BCUT2D eigenvalue weighted by molar-refractivity contribution is -0.107. The Hall–Kier alpha value is -0.150. The first-order valence-corrected chi connectivity index (χ1v) is 5.03. The van der Waals surface area contributed by atoms with Gasteiger partial charge in [-0.2, -0.15) is 0 Å². The van der Waals surface area contributed by atoms with E-state index in [1.165, 1.54) is 9.75 Å². The van der Waals surface area contributed by atoms with Gasteiger partial charge in [-0.1, -0.05) is 0 Å². The maximum Gasteiger partial charge on any atom is 0.120 e. The van der Waals surface area contributed by atoms with Gasteiger partial charge in [0.15, 0.2) is 0 Å². The van der Waals surface area contributed by atoms with Crippen molar-refractivity contribution >= 4 is 33.6 Å². The molecule has 0 atom stereocenters. The second-order valence-electron chi connectivity index (χ2n) is 2.32. The Morgan fingerprint density at radius 3 is 2.91 bits per heavy atom. The third kappa shape index (κ3) is 2.42. The molecule has 0 bridgehead atoms. The van der Waals surface area contributed by atoms with Crippen LogP contribution in [-0.2, 0) is 11.2 Å². The van der Waals surface area contributed by atoms with Crippen LogP contribution < -0.4 is 0 Å². The van der Waals surface area contributed by atoms with Crippen LogP contribution in [0.15, 0.2) is 10.5 Å². The van der Waals surface area contributed by atoms with Crippen LogP contribution in [0, 0.1) is 6.92 Å². The fourth-order valence-electron chi connectivity index (χ4n) is 0.842. The second-order valence-corrected chi connectivity index (χ2v) is 4.52. The highest BCUT2D eigenvalue weighted by Crippen LogP contribution is 2.26. The van der Waals surface area contributed by atoms with E-state index >= 15 is 0 Å². The van der Waals surface area contributed by atoms with Crippen molar-refractivity contribution in [2.45, 2.75) is 19.8 Å². The van der Waals surface area contributed by atoms with E-state index in [0.717, 1.165) is 17.2 Å². The molecule has 3 heteroatoms. The molecular weight excluding hydrogens is 224 g/mol. The summed E-state index contributed by atoms with van der Waals surface area (Å²) in [7, 11) is 0. The van der Waals surface area contributed by atoms with Crippen LogP contribution in [0.1, 0.15) is 16.2 Å². The van der Waals surface area contributed by atoms with Gasteiger partial charge in [0.2, 0.25) is 0 Å². The summed E-state index contributed by atoms with van der Waals surface area (Å²) in [6.07, 6.45) is 2.47. The van der Waals surface area contributed by atoms with E-state index < -0.39 is 0 Å². The van der Waals surface area contributed by atoms with E-state index in [1.807, 2.05) is 0 Å². The lowest BCUT2D eigenvalue weighted by atomic mass is 10.3. The molecule has 0 saturated heterocycles. The Labute approximate surface area is 78.6 Å². The molecule has 0 saturated carbocycles. The Bertz CT molecular complexity index is 235. The molecule has 0 spiro atoms. The van der Waals surface area contributed by atoms with Gasteiger partial charge in [0.1, 0.15) is 6.29 Å². The minimum absolute atomic E-state index is 0.631. The topological polar surface area (TPSA) is 17.1 Å². The lowest BCUT2D eigenvalue weighted by Crippen LogP contribution is -1.79. The molecule has 0 unspecified atom stereocenters. The molecule has 0 aliphatic carbocycles. The number of carbonyl (C=O) groups is 1.